The van der Waals surface area contributed by atoms with Crippen LogP contribution in [0.15, 0.2) is 47.9 Å². The summed E-state index contributed by atoms with van der Waals surface area (Å²) in [5, 5.41) is 2.00. The van der Waals surface area contributed by atoms with Gasteiger partial charge in [-0.15, -0.1) is 11.3 Å². The van der Waals surface area contributed by atoms with Gasteiger partial charge in [0.05, 0.1) is 41.1 Å². The topological polar surface area (TPSA) is 63.2 Å². The van der Waals surface area contributed by atoms with Crippen molar-refractivity contribution in [2.24, 2.45) is 0 Å². The van der Waals surface area contributed by atoms with Gasteiger partial charge in [-0.05, 0) is 47.4 Å². The lowest BCUT2D eigenvalue weighted by Gasteiger charge is -2.14. The highest BCUT2D eigenvalue weighted by Crippen LogP contribution is 2.42. The SMILES string of the molecule is COc1cc(C=CC(=O)c2ccc(OC)c(OC)c2OC)cc(-c2cccs2)c1OC. The van der Waals surface area contributed by atoms with E-state index in [-0.39, 0.29) is 5.78 Å². The highest BCUT2D eigenvalue weighted by atomic mass is 32.1. The van der Waals surface area contributed by atoms with Crippen molar-refractivity contribution in [1.82, 2.24) is 0 Å². The number of rotatable bonds is 9. The molecule has 7 heteroatoms. The van der Waals surface area contributed by atoms with Gasteiger partial charge >= 0.3 is 0 Å². The highest BCUT2D eigenvalue weighted by molar-refractivity contribution is 7.13. The first-order valence-corrected chi connectivity index (χ1v) is 10.3. The molecule has 1 aromatic heterocycles. The van der Waals surface area contributed by atoms with Gasteiger partial charge in [-0.1, -0.05) is 12.1 Å². The molecule has 0 saturated carbocycles. The third-order valence-electron chi connectivity index (χ3n) is 4.68. The Kier molecular flexibility index (Phi) is 7.20. The average molecular weight is 441 g/mol. The molecule has 1 heterocycles. The third-order valence-corrected chi connectivity index (χ3v) is 5.59. The molecular formula is C24H24O6S. The first kappa shape index (κ1) is 22.2. The fourth-order valence-corrected chi connectivity index (χ4v) is 3.99. The molecule has 0 bridgehead atoms. The number of hydrogen-bond acceptors (Lipinski definition) is 7. The molecule has 0 unspecified atom stereocenters. The monoisotopic (exact) mass is 440 g/mol. The number of thiophene rings is 1. The minimum Gasteiger partial charge on any atom is -0.493 e. The molecule has 162 valence electrons. The summed E-state index contributed by atoms with van der Waals surface area (Å²) in [5.41, 5.74) is 2.07. The summed E-state index contributed by atoms with van der Waals surface area (Å²) in [4.78, 5) is 14.0. The molecule has 0 N–H and O–H groups in total. The normalized spacial score (nSPS) is 10.7. The maximum Gasteiger partial charge on any atom is 0.204 e. The van der Waals surface area contributed by atoms with E-state index >= 15 is 0 Å². The lowest BCUT2D eigenvalue weighted by Crippen LogP contribution is -2.03. The van der Waals surface area contributed by atoms with Gasteiger partial charge in [-0.3, -0.25) is 4.79 Å². The van der Waals surface area contributed by atoms with E-state index in [1.807, 2.05) is 29.6 Å². The van der Waals surface area contributed by atoms with Gasteiger partial charge in [0.2, 0.25) is 5.75 Å². The first-order chi connectivity index (χ1) is 15.1. The maximum atomic E-state index is 12.9. The molecule has 0 atom stereocenters. The van der Waals surface area contributed by atoms with E-state index in [1.165, 1.54) is 27.4 Å². The summed E-state index contributed by atoms with van der Waals surface area (Å²) >= 11 is 1.60. The zero-order valence-corrected chi connectivity index (χ0v) is 18.9. The number of methoxy groups -OCH3 is 5. The van der Waals surface area contributed by atoms with E-state index < -0.39 is 0 Å². The minimum absolute atomic E-state index is 0.231. The summed E-state index contributed by atoms with van der Waals surface area (Å²) < 4.78 is 27.1. The Balaban J connectivity index is 2.01. The van der Waals surface area contributed by atoms with Crippen LogP contribution in [0.3, 0.4) is 0 Å². The number of ether oxygens (including phenoxy) is 5. The fourth-order valence-electron chi connectivity index (χ4n) is 3.25. The summed E-state index contributed by atoms with van der Waals surface area (Å²) in [6, 6.07) is 11.1. The summed E-state index contributed by atoms with van der Waals surface area (Å²) in [7, 11) is 7.71. The molecule has 0 aliphatic rings. The van der Waals surface area contributed by atoms with Gasteiger partial charge in [-0.2, -0.15) is 0 Å². The van der Waals surface area contributed by atoms with Gasteiger partial charge in [-0.25, -0.2) is 0 Å². The molecule has 31 heavy (non-hydrogen) atoms. The van der Waals surface area contributed by atoms with Crippen molar-refractivity contribution in [3.8, 4) is 39.2 Å². The number of allylic oxidation sites excluding steroid dienone is 1. The molecule has 0 aliphatic carbocycles. The Morgan fingerprint density at radius 3 is 2.10 bits per heavy atom. The molecule has 0 amide bonds. The average Bonchev–Trinajstić information content (AvgIpc) is 3.35. The van der Waals surface area contributed by atoms with Gasteiger partial charge < -0.3 is 23.7 Å². The first-order valence-electron chi connectivity index (χ1n) is 9.39. The Labute approximate surface area is 185 Å². The predicted octanol–water partition coefficient (Wildman–Crippen LogP) is 5.35. The van der Waals surface area contributed by atoms with Crippen LogP contribution in [0.5, 0.6) is 28.7 Å². The molecule has 0 fully saturated rings. The number of carbonyl (C=O) groups excluding carboxylic acids is 1. The van der Waals surface area contributed by atoms with Crippen LogP contribution in [-0.2, 0) is 0 Å². The molecule has 0 spiro atoms. The second kappa shape index (κ2) is 10.0. The summed E-state index contributed by atoms with van der Waals surface area (Å²) in [5.74, 6) is 2.18. The van der Waals surface area contributed by atoms with Crippen LogP contribution >= 0.6 is 11.3 Å². The van der Waals surface area contributed by atoms with Gasteiger partial charge in [0.1, 0.15) is 0 Å². The van der Waals surface area contributed by atoms with E-state index in [1.54, 1.807) is 43.8 Å². The number of hydrogen-bond donors (Lipinski definition) is 0. The number of benzene rings is 2. The van der Waals surface area contributed by atoms with Crippen molar-refractivity contribution in [3.05, 3.63) is 59.0 Å². The van der Waals surface area contributed by atoms with Crippen molar-refractivity contribution in [1.29, 1.82) is 0 Å². The van der Waals surface area contributed by atoms with E-state index in [4.69, 9.17) is 23.7 Å². The van der Waals surface area contributed by atoms with Crippen molar-refractivity contribution in [3.63, 3.8) is 0 Å². The van der Waals surface area contributed by atoms with Crippen LogP contribution in [0.2, 0.25) is 0 Å². The van der Waals surface area contributed by atoms with Crippen molar-refractivity contribution in [2.75, 3.05) is 35.5 Å². The summed E-state index contributed by atoms with van der Waals surface area (Å²) in [6.45, 7) is 0. The Morgan fingerprint density at radius 1 is 0.806 bits per heavy atom. The molecule has 3 aromatic rings. The lowest BCUT2D eigenvalue weighted by molar-refractivity contribution is 0.104. The van der Waals surface area contributed by atoms with Gasteiger partial charge in [0, 0.05) is 10.4 Å². The zero-order valence-electron chi connectivity index (χ0n) is 18.1. The Hall–Kier alpha value is -3.45. The lowest BCUT2D eigenvalue weighted by atomic mass is 10.0. The van der Waals surface area contributed by atoms with E-state index in [0.29, 0.717) is 34.3 Å². The second-order valence-electron chi connectivity index (χ2n) is 6.36. The Bertz CT molecular complexity index is 1090. The zero-order chi connectivity index (χ0) is 22.4. The number of carbonyl (C=O) groups is 1. The molecule has 6 nitrogen and oxygen atoms in total. The molecule has 0 saturated heterocycles. The minimum atomic E-state index is -0.231. The maximum absolute atomic E-state index is 12.9. The van der Waals surface area contributed by atoms with Crippen LogP contribution in [0.25, 0.3) is 16.5 Å². The molecular weight excluding hydrogens is 416 g/mol. The number of ketones is 1. The highest BCUT2D eigenvalue weighted by Gasteiger charge is 2.19. The fraction of sp³-hybridized carbons (Fsp3) is 0.208. The van der Waals surface area contributed by atoms with E-state index in [0.717, 1.165) is 16.0 Å². The third kappa shape index (κ3) is 4.51. The van der Waals surface area contributed by atoms with E-state index in [2.05, 4.69) is 0 Å². The molecule has 2 aromatic carbocycles. The Morgan fingerprint density at radius 2 is 1.52 bits per heavy atom. The summed E-state index contributed by atoms with van der Waals surface area (Å²) in [6.07, 6.45) is 3.22. The van der Waals surface area contributed by atoms with Crippen LogP contribution in [0.4, 0.5) is 0 Å². The van der Waals surface area contributed by atoms with Crippen LogP contribution in [0, 0.1) is 0 Å². The van der Waals surface area contributed by atoms with E-state index in [9.17, 15) is 4.79 Å². The van der Waals surface area contributed by atoms with Crippen molar-refractivity contribution >= 4 is 23.2 Å². The second-order valence-corrected chi connectivity index (χ2v) is 7.31. The molecule has 0 radical (unpaired) electrons. The quantitative estimate of drug-likeness (QED) is 0.330. The van der Waals surface area contributed by atoms with Gasteiger partial charge in [0.25, 0.3) is 0 Å². The van der Waals surface area contributed by atoms with Crippen molar-refractivity contribution in [2.45, 2.75) is 0 Å². The molecule has 3 rings (SSSR count). The largest absolute Gasteiger partial charge is 0.493 e. The van der Waals surface area contributed by atoms with Crippen LogP contribution in [-0.4, -0.2) is 41.3 Å². The smallest absolute Gasteiger partial charge is 0.204 e. The standard InChI is InChI=1S/C24H24O6S/c1-26-19-11-9-16(23(29-4)24(19)30-5)18(25)10-8-15-13-17(21-7-6-12-31-21)22(28-3)20(14-15)27-2/h6-14H,1-5H3. The van der Waals surface area contributed by atoms with Crippen LogP contribution < -0.4 is 23.7 Å². The van der Waals surface area contributed by atoms with Gasteiger partial charge in [0.15, 0.2) is 28.8 Å². The molecule has 0 aliphatic heterocycles. The predicted molar refractivity (Wildman–Crippen MR) is 122 cm³/mol. The van der Waals surface area contributed by atoms with Crippen molar-refractivity contribution < 1.29 is 28.5 Å². The van der Waals surface area contributed by atoms with Crippen LogP contribution in [0.1, 0.15) is 15.9 Å².